The van der Waals surface area contributed by atoms with Gasteiger partial charge in [-0.25, -0.2) is 4.79 Å². The van der Waals surface area contributed by atoms with Crippen molar-refractivity contribution in [2.24, 2.45) is 0 Å². The van der Waals surface area contributed by atoms with Crippen molar-refractivity contribution in [2.75, 3.05) is 6.61 Å². The Balaban J connectivity index is 2.47. The normalized spacial score (nSPS) is 16.4. The van der Waals surface area contributed by atoms with Crippen LogP contribution in [0.1, 0.15) is 59.1 Å². The lowest BCUT2D eigenvalue weighted by atomic mass is 9.90. The molecule has 0 radical (unpaired) electrons. The third kappa shape index (κ3) is 5.38. The van der Waals surface area contributed by atoms with Gasteiger partial charge in [0.25, 0.3) is 0 Å². The molecule has 1 aliphatic rings. The number of fused-ring (bicyclic) bond motifs is 1. The molecule has 0 unspecified atom stereocenters. The molecular weight excluding hydrogens is 352 g/mol. The van der Waals surface area contributed by atoms with Crippen LogP contribution in [0.5, 0.6) is 11.5 Å². The summed E-state index contributed by atoms with van der Waals surface area (Å²) in [6, 6.07) is 4.11. The van der Waals surface area contributed by atoms with Crippen molar-refractivity contribution in [3.8, 4) is 11.5 Å². The van der Waals surface area contributed by atoms with Gasteiger partial charge in [0.2, 0.25) is 0 Å². The van der Waals surface area contributed by atoms with Crippen molar-refractivity contribution in [3.63, 3.8) is 0 Å². The minimum atomic E-state index is -0.946. The molecule has 0 amide bonds. The van der Waals surface area contributed by atoms with Gasteiger partial charge in [0.1, 0.15) is 17.1 Å². The predicted molar refractivity (Wildman–Crippen MR) is 115 cm³/mol. The first-order valence-corrected chi connectivity index (χ1v) is 9.65. The molecule has 1 heterocycles. The van der Waals surface area contributed by atoms with E-state index in [2.05, 4.69) is 32.9 Å². The first kappa shape index (κ1) is 21.5. The van der Waals surface area contributed by atoms with Crippen molar-refractivity contribution >= 4 is 17.1 Å². The first-order chi connectivity index (χ1) is 13.2. The second-order valence-corrected chi connectivity index (χ2v) is 7.44. The Morgan fingerprint density at radius 2 is 1.96 bits per heavy atom. The molecule has 0 aromatic heterocycles. The van der Waals surface area contributed by atoms with Crippen LogP contribution in [0.2, 0.25) is 0 Å². The minimum absolute atomic E-state index is 0.342. The first-order valence-electron chi connectivity index (χ1n) is 9.65. The maximum atomic E-state index is 10.7. The lowest BCUT2D eigenvalue weighted by molar-refractivity contribution is -0.131. The average Bonchev–Trinajstić information content (AvgIpc) is 2.59. The van der Waals surface area contributed by atoms with Crippen LogP contribution in [0.25, 0.3) is 11.1 Å². The fraction of sp³-hybridized carbons (Fsp3) is 0.375. The molecule has 1 N–H and O–H groups in total. The number of carbonyl (C=O) groups is 1. The molecule has 150 valence electrons. The molecule has 0 aliphatic carbocycles. The van der Waals surface area contributed by atoms with E-state index in [9.17, 15) is 4.79 Å². The lowest BCUT2D eigenvalue weighted by Crippen LogP contribution is -2.29. The van der Waals surface area contributed by atoms with E-state index in [0.29, 0.717) is 12.2 Å². The highest BCUT2D eigenvalue weighted by Gasteiger charge is 2.27. The van der Waals surface area contributed by atoms with Crippen LogP contribution < -0.4 is 9.47 Å². The van der Waals surface area contributed by atoms with Crippen LogP contribution in [0.15, 0.2) is 48.1 Å². The Bertz CT molecular complexity index is 867. The Morgan fingerprint density at radius 1 is 1.25 bits per heavy atom. The van der Waals surface area contributed by atoms with Crippen LogP contribution in [0, 0.1) is 0 Å². The van der Waals surface area contributed by atoms with Gasteiger partial charge in [-0.1, -0.05) is 25.2 Å². The van der Waals surface area contributed by atoms with E-state index in [1.54, 1.807) is 13.0 Å². The van der Waals surface area contributed by atoms with Gasteiger partial charge in [0.05, 0.1) is 6.61 Å². The van der Waals surface area contributed by atoms with Crippen molar-refractivity contribution < 1.29 is 19.4 Å². The molecule has 0 spiro atoms. The maximum Gasteiger partial charge on any atom is 0.328 e. The van der Waals surface area contributed by atoms with Gasteiger partial charge in [-0.15, -0.1) is 0 Å². The van der Waals surface area contributed by atoms with E-state index in [1.807, 2.05) is 32.1 Å². The van der Waals surface area contributed by atoms with Crippen LogP contribution in [0.3, 0.4) is 0 Å². The second-order valence-electron chi connectivity index (χ2n) is 7.44. The number of carboxylic acid groups (broad SMARTS) is 1. The zero-order valence-corrected chi connectivity index (χ0v) is 17.6. The number of rotatable bonds is 7. The van der Waals surface area contributed by atoms with Crippen LogP contribution >= 0.6 is 0 Å². The van der Waals surface area contributed by atoms with Crippen molar-refractivity contribution in [3.05, 3.63) is 59.2 Å². The predicted octanol–water partition coefficient (Wildman–Crippen LogP) is 6.04. The molecule has 0 saturated heterocycles. The smallest absolute Gasteiger partial charge is 0.328 e. The van der Waals surface area contributed by atoms with Gasteiger partial charge in [-0.2, -0.15) is 0 Å². The molecule has 1 aliphatic heterocycles. The van der Waals surface area contributed by atoms with E-state index in [0.717, 1.165) is 34.6 Å². The van der Waals surface area contributed by atoms with Gasteiger partial charge in [0.15, 0.2) is 0 Å². The number of carboxylic acids is 1. The minimum Gasteiger partial charge on any atom is -0.493 e. The Hall–Kier alpha value is -2.75. The number of hydrogen-bond acceptors (Lipinski definition) is 3. The third-order valence-electron chi connectivity index (χ3n) is 4.48. The summed E-state index contributed by atoms with van der Waals surface area (Å²) in [7, 11) is 0. The quantitative estimate of drug-likeness (QED) is 0.461. The van der Waals surface area contributed by atoms with Crippen LogP contribution in [-0.2, 0) is 4.79 Å². The number of allylic oxidation sites excluding steroid dienone is 6. The van der Waals surface area contributed by atoms with E-state index in [4.69, 9.17) is 14.6 Å². The summed E-state index contributed by atoms with van der Waals surface area (Å²) in [5, 5.41) is 8.80. The Labute approximate surface area is 167 Å². The zero-order valence-electron chi connectivity index (χ0n) is 17.6. The number of aliphatic carboxylic acids is 1. The topological polar surface area (TPSA) is 55.8 Å². The molecular formula is C24H30O4. The highest BCUT2D eigenvalue weighted by molar-refractivity contribution is 5.82. The van der Waals surface area contributed by atoms with E-state index < -0.39 is 5.97 Å². The molecule has 0 atom stereocenters. The lowest BCUT2D eigenvalue weighted by Gasteiger charge is -2.32. The summed E-state index contributed by atoms with van der Waals surface area (Å²) in [5.74, 6) is 0.687. The summed E-state index contributed by atoms with van der Waals surface area (Å²) >= 11 is 0. The molecule has 0 bridgehead atoms. The van der Waals surface area contributed by atoms with Gasteiger partial charge in [-0.05, 0) is 69.9 Å². The van der Waals surface area contributed by atoms with Crippen LogP contribution in [-0.4, -0.2) is 23.3 Å². The fourth-order valence-electron chi connectivity index (χ4n) is 3.26. The molecule has 0 saturated carbocycles. The highest BCUT2D eigenvalue weighted by Crippen LogP contribution is 2.42. The van der Waals surface area contributed by atoms with Gasteiger partial charge < -0.3 is 14.6 Å². The van der Waals surface area contributed by atoms with Crippen molar-refractivity contribution in [2.45, 2.75) is 53.6 Å². The van der Waals surface area contributed by atoms with E-state index >= 15 is 0 Å². The summed E-state index contributed by atoms with van der Waals surface area (Å²) in [6.45, 7) is 12.6. The molecule has 1 aromatic carbocycles. The fourth-order valence-corrected chi connectivity index (χ4v) is 3.26. The molecule has 4 heteroatoms. The number of ether oxygens (including phenoxy) is 2. The monoisotopic (exact) mass is 382 g/mol. The Morgan fingerprint density at radius 3 is 2.57 bits per heavy atom. The maximum absolute atomic E-state index is 10.7. The molecule has 4 nitrogen and oxygen atoms in total. The summed E-state index contributed by atoms with van der Waals surface area (Å²) in [6.07, 6.45) is 9.89. The SMILES string of the molecule is CCOc1cc2c(cc1C(C)=CC=CC(C)=CC(=O)O)C(CC)=CC(C)(C)O2. The summed E-state index contributed by atoms with van der Waals surface area (Å²) < 4.78 is 12.1. The molecule has 28 heavy (non-hydrogen) atoms. The molecule has 2 rings (SSSR count). The average molecular weight is 383 g/mol. The largest absolute Gasteiger partial charge is 0.493 e. The Kier molecular flexibility index (Phi) is 6.90. The molecule has 0 fully saturated rings. The summed E-state index contributed by atoms with van der Waals surface area (Å²) in [5.41, 5.74) is 4.74. The van der Waals surface area contributed by atoms with Gasteiger partial charge >= 0.3 is 5.97 Å². The third-order valence-corrected chi connectivity index (χ3v) is 4.48. The second kappa shape index (κ2) is 8.96. The zero-order chi connectivity index (χ0) is 20.9. The summed E-state index contributed by atoms with van der Waals surface area (Å²) in [4.78, 5) is 10.7. The highest BCUT2D eigenvalue weighted by atomic mass is 16.5. The van der Waals surface area contributed by atoms with E-state index in [1.165, 1.54) is 11.6 Å². The van der Waals surface area contributed by atoms with E-state index in [-0.39, 0.29) is 5.60 Å². The standard InChI is InChI=1S/C24H30O4/c1-7-18-15-24(5,6)28-22-14-21(27-8-2)19(13-20(18)22)17(4)11-9-10-16(3)12-23(25)26/h9-15H,7-8H2,1-6H3,(H,25,26). The van der Waals surface area contributed by atoms with Crippen LogP contribution in [0.4, 0.5) is 0 Å². The van der Waals surface area contributed by atoms with Crippen molar-refractivity contribution in [1.82, 2.24) is 0 Å². The van der Waals surface area contributed by atoms with Gasteiger partial charge in [-0.3, -0.25) is 0 Å². The number of hydrogen-bond donors (Lipinski definition) is 1. The van der Waals surface area contributed by atoms with Gasteiger partial charge in [0, 0.05) is 23.3 Å². The van der Waals surface area contributed by atoms with Crippen molar-refractivity contribution in [1.29, 1.82) is 0 Å². The molecule has 1 aromatic rings. The number of benzene rings is 1.